The third-order valence-corrected chi connectivity index (χ3v) is 2.42. The van der Waals surface area contributed by atoms with Crippen LogP contribution in [0, 0.1) is 0 Å². The normalized spacial score (nSPS) is 10.2. The fourth-order valence-electron chi connectivity index (χ4n) is 1.62. The number of nitrogens with two attached hydrogens (primary N) is 1. The topological polar surface area (TPSA) is 71.8 Å². The number of rotatable bonds is 4. The fraction of sp³-hybridized carbons (Fsp3) is 0.167. The van der Waals surface area contributed by atoms with Crippen molar-refractivity contribution < 1.29 is 4.79 Å². The highest BCUT2D eigenvalue weighted by molar-refractivity contribution is 5.74. The van der Waals surface area contributed by atoms with Crippen LogP contribution in [0.15, 0.2) is 36.5 Å². The molecule has 1 aromatic carbocycles. The molecule has 0 saturated carbocycles. The molecule has 0 aliphatic heterocycles. The van der Waals surface area contributed by atoms with Gasteiger partial charge in [-0.25, -0.2) is 0 Å². The molecule has 0 spiro atoms. The summed E-state index contributed by atoms with van der Waals surface area (Å²) in [5.74, 6) is -0.298. The third-order valence-electron chi connectivity index (χ3n) is 2.42. The monoisotopic (exact) mass is 215 g/mol. The molecule has 3 N–H and O–H groups in total. The van der Waals surface area contributed by atoms with E-state index in [1.165, 1.54) is 0 Å². The Hall–Kier alpha value is -2.10. The zero-order valence-electron chi connectivity index (χ0n) is 8.81. The van der Waals surface area contributed by atoms with Crippen molar-refractivity contribution in [3.05, 3.63) is 42.2 Å². The lowest BCUT2D eigenvalue weighted by molar-refractivity contribution is -0.118. The molecular formula is C12H13N3O. The van der Waals surface area contributed by atoms with Gasteiger partial charge in [0.05, 0.1) is 6.20 Å². The standard InChI is InChI=1S/C12H13N3O/c13-12(16)7-6-11-10(8-14-15-11)9-4-2-1-3-5-9/h1-5,8H,6-7H2,(H2,13,16)(H,14,15). The number of aryl methyl sites for hydroxylation is 1. The molecule has 0 aliphatic carbocycles. The van der Waals surface area contributed by atoms with Gasteiger partial charge >= 0.3 is 0 Å². The van der Waals surface area contributed by atoms with Crippen molar-refractivity contribution in [3.8, 4) is 11.1 Å². The van der Waals surface area contributed by atoms with Crippen LogP contribution >= 0.6 is 0 Å². The molecule has 4 nitrogen and oxygen atoms in total. The molecule has 2 rings (SSSR count). The number of aromatic amines is 1. The number of carbonyl (C=O) groups excluding carboxylic acids is 1. The third kappa shape index (κ3) is 2.28. The van der Waals surface area contributed by atoms with E-state index in [0.29, 0.717) is 12.8 Å². The number of carbonyl (C=O) groups is 1. The first kappa shape index (κ1) is 10.4. The summed E-state index contributed by atoms with van der Waals surface area (Å²) in [6.45, 7) is 0. The van der Waals surface area contributed by atoms with E-state index in [9.17, 15) is 4.79 Å². The van der Waals surface area contributed by atoms with Gasteiger partial charge in [0, 0.05) is 17.7 Å². The summed E-state index contributed by atoms with van der Waals surface area (Å²) in [6.07, 6.45) is 2.70. The van der Waals surface area contributed by atoms with E-state index in [0.717, 1.165) is 16.8 Å². The Morgan fingerprint density at radius 3 is 2.75 bits per heavy atom. The number of nitrogens with one attached hydrogen (secondary N) is 1. The lowest BCUT2D eigenvalue weighted by Gasteiger charge is -2.01. The fourth-order valence-corrected chi connectivity index (χ4v) is 1.62. The van der Waals surface area contributed by atoms with E-state index in [2.05, 4.69) is 10.2 Å². The Balaban J connectivity index is 2.23. The molecule has 0 unspecified atom stereocenters. The first-order chi connectivity index (χ1) is 7.77. The molecule has 1 amide bonds. The maximum absolute atomic E-state index is 10.7. The maximum atomic E-state index is 10.7. The Kier molecular flexibility index (Phi) is 3.00. The molecule has 1 heterocycles. The number of amides is 1. The Labute approximate surface area is 93.5 Å². The highest BCUT2D eigenvalue weighted by atomic mass is 16.1. The second kappa shape index (κ2) is 4.61. The second-order valence-corrected chi connectivity index (χ2v) is 3.59. The van der Waals surface area contributed by atoms with Gasteiger partial charge < -0.3 is 5.73 Å². The Morgan fingerprint density at radius 2 is 2.06 bits per heavy atom. The number of hydrogen-bond donors (Lipinski definition) is 2. The van der Waals surface area contributed by atoms with Crippen LogP contribution in [0.5, 0.6) is 0 Å². The minimum Gasteiger partial charge on any atom is -0.370 e. The van der Waals surface area contributed by atoms with Crippen LogP contribution in [0.4, 0.5) is 0 Å². The SMILES string of the molecule is NC(=O)CCc1[nH]ncc1-c1ccccc1. The van der Waals surface area contributed by atoms with Crippen LogP contribution in [0.2, 0.25) is 0 Å². The van der Waals surface area contributed by atoms with Crippen LogP contribution in [0.25, 0.3) is 11.1 Å². The molecule has 4 heteroatoms. The first-order valence-corrected chi connectivity index (χ1v) is 5.13. The molecule has 1 aromatic heterocycles. The van der Waals surface area contributed by atoms with Gasteiger partial charge in [-0.3, -0.25) is 9.89 Å². The van der Waals surface area contributed by atoms with Gasteiger partial charge in [0.25, 0.3) is 0 Å². The zero-order chi connectivity index (χ0) is 11.4. The van der Waals surface area contributed by atoms with Crippen LogP contribution < -0.4 is 5.73 Å². The predicted octanol–water partition coefficient (Wildman–Crippen LogP) is 1.49. The van der Waals surface area contributed by atoms with Gasteiger partial charge in [0.2, 0.25) is 5.91 Å². The summed E-state index contributed by atoms with van der Waals surface area (Å²) in [4.78, 5) is 10.7. The lowest BCUT2D eigenvalue weighted by Crippen LogP contribution is -2.11. The quantitative estimate of drug-likeness (QED) is 0.811. The van der Waals surface area contributed by atoms with Gasteiger partial charge in [-0.2, -0.15) is 5.10 Å². The molecule has 0 saturated heterocycles. The molecule has 0 fully saturated rings. The minimum absolute atomic E-state index is 0.298. The molecule has 0 bridgehead atoms. The van der Waals surface area contributed by atoms with Gasteiger partial charge in [-0.05, 0) is 12.0 Å². The predicted molar refractivity (Wildman–Crippen MR) is 61.5 cm³/mol. The van der Waals surface area contributed by atoms with Crippen LogP contribution in [0.1, 0.15) is 12.1 Å². The number of nitrogens with zero attached hydrogens (tertiary/aromatic N) is 1. The number of H-pyrrole nitrogens is 1. The summed E-state index contributed by atoms with van der Waals surface area (Å²) in [5, 5.41) is 6.90. The number of aromatic nitrogens is 2. The molecule has 82 valence electrons. The van der Waals surface area contributed by atoms with Crippen molar-refractivity contribution in [2.24, 2.45) is 5.73 Å². The van der Waals surface area contributed by atoms with Gasteiger partial charge in [-0.15, -0.1) is 0 Å². The summed E-state index contributed by atoms with van der Waals surface area (Å²) >= 11 is 0. The van der Waals surface area contributed by atoms with E-state index in [-0.39, 0.29) is 5.91 Å². The maximum Gasteiger partial charge on any atom is 0.217 e. The van der Waals surface area contributed by atoms with Crippen molar-refractivity contribution in [2.45, 2.75) is 12.8 Å². The van der Waals surface area contributed by atoms with Crippen molar-refractivity contribution in [1.82, 2.24) is 10.2 Å². The van der Waals surface area contributed by atoms with Crippen molar-refractivity contribution >= 4 is 5.91 Å². The van der Waals surface area contributed by atoms with Gasteiger partial charge in [0.1, 0.15) is 0 Å². The van der Waals surface area contributed by atoms with Crippen molar-refractivity contribution in [2.75, 3.05) is 0 Å². The Morgan fingerprint density at radius 1 is 1.31 bits per heavy atom. The number of hydrogen-bond acceptors (Lipinski definition) is 2. The molecule has 2 aromatic rings. The summed E-state index contributed by atoms with van der Waals surface area (Å²) in [5.41, 5.74) is 8.20. The molecule has 16 heavy (non-hydrogen) atoms. The Bertz CT molecular complexity index is 476. The highest BCUT2D eigenvalue weighted by Gasteiger charge is 2.07. The largest absolute Gasteiger partial charge is 0.370 e. The average molecular weight is 215 g/mol. The van der Waals surface area contributed by atoms with Crippen molar-refractivity contribution in [3.63, 3.8) is 0 Å². The van der Waals surface area contributed by atoms with Crippen LogP contribution in [-0.4, -0.2) is 16.1 Å². The minimum atomic E-state index is -0.298. The molecule has 0 radical (unpaired) electrons. The summed E-state index contributed by atoms with van der Waals surface area (Å²) < 4.78 is 0. The summed E-state index contributed by atoms with van der Waals surface area (Å²) in [6, 6.07) is 9.93. The molecule has 0 aliphatic rings. The van der Waals surface area contributed by atoms with E-state index < -0.39 is 0 Å². The van der Waals surface area contributed by atoms with Crippen LogP contribution in [0.3, 0.4) is 0 Å². The molecule has 0 atom stereocenters. The van der Waals surface area contributed by atoms with Gasteiger partial charge in [-0.1, -0.05) is 30.3 Å². The zero-order valence-corrected chi connectivity index (χ0v) is 8.81. The van der Waals surface area contributed by atoms with Crippen molar-refractivity contribution in [1.29, 1.82) is 0 Å². The second-order valence-electron chi connectivity index (χ2n) is 3.59. The van der Waals surface area contributed by atoms with E-state index in [1.54, 1.807) is 6.20 Å². The van der Waals surface area contributed by atoms with Gasteiger partial charge in [0.15, 0.2) is 0 Å². The van der Waals surface area contributed by atoms with Crippen LogP contribution in [-0.2, 0) is 11.2 Å². The average Bonchev–Trinajstić information content (AvgIpc) is 2.75. The van der Waals surface area contributed by atoms with E-state index >= 15 is 0 Å². The van der Waals surface area contributed by atoms with E-state index in [1.807, 2.05) is 30.3 Å². The lowest BCUT2D eigenvalue weighted by atomic mass is 10.0. The summed E-state index contributed by atoms with van der Waals surface area (Å²) in [7, 11) is 0. The number of benzene rings is 1. The first-order valence-electron chi connectivity index (χ1n) is 5.13. The smallest absolute Gasteiger partial charge is 0.217 e. The highest BCUT2D eigenvalue weighted by Crippen LogP contribution is 2.22. The molecular weight excluding hydrogens is 202 g/mol. The van der Waals surface area contributed by atoms with E-state index in [4.69, 9.17) is 5.73 Å². The number of primary amides is 1.